The van der Waals surface area contributed by atoms with Crippen LogP contribution in [0.2, 0.25) is 0 Å². The number of benzene rings is 1. The molecule has 1 aromatic carbocycles. The number of fused-ring (bicyclic) bond motifs is 3. The summed E-state index contributed by atoms with van der Waals surface area (Å²) in [4.78, 5) is 31.7. The van der Waals surface area contributed by atoms with Crippen molar-refractivity contribution in [2.75, 3.05) is 24.4 Å². The maximum atomic E-state index is 13.3. The molecule has 1 unspecified atom stereocenters. The van der Waals surface area contributed by atoms with E-state index in [1.165, 1.54) is 0 Å². The van der Waals surface area contributed by atoms with Crippen LogP contribution in [0.15, 0.2) is 18.2 Å². The van der Waals surface area contributed by atoms with Crippen LogP contribution in [-0.2, 0) is 27.3 Å². The Balaban J connectivity index is 1.24. The van der Waals surface area contributed by atoms with Gasteiger partial charge in [0.1, 0.15) is 6.04 Å². The van der Waals surface area contributed by atoms with Crippen molar-refractivity contribution < 1.29 is 18.4 Å². The highest BCUT2D eigenvalue weighted by atomic mass is 32.2. The first-order valence-corrected chi connectivity index (χ1v) is 12.5. The number of anilines is 1. The summed E-state index contributed by atoms with van der Waals surface area (Å²) in [7, 11) is 0. The van der Waals surface area contributed by atoms with E-state index in [0.29, 0.717) is 31.7 Å². The highest BCUT2D eigenvalue weighted by molar-refractivity contribution is 7.80. The number of likely N-dealkylation sites (tertiary alicyclic amines) is 3. The van der Waals surface area contributed by atoms with Crippen LogP contribution in [0.5, 0.6) is 0 Å². The molecule has 10 nitrogen and oxygen atoms in total. The normalized spacial score (nSPS) is 30.4. The summed E-state index contributed by atoms with van der Waals surface area (Å²) in [5, 5.41) is 9.25. The molecule has 3 fully saturated rings. The van der Waals surface area contributed by atoms with Crippen LogP contribution in [0.1, 0.15) is 42.9 Å². The van der Waals surface area contributed by atoms with Crippen molar-refractivity contribution in [2.24, 2.45) is 5.73 Å². The van der Waals surface area contributed by atoms with Gasteiger partial charge in [-0.3, -0.25) is 18.7 Å². The zero-order valence-electron chi connectivity index (χ0n) is 18.2. The summed E-state index contributed by atoms with van der Waals surface area (Å²) in [6.45, 7) is 1.56. The quantitative estimate of drug-likeness (QED) is 0.556. The largest absolute Gasteiger partial charge is 0.755 e. The molecule has 6 atom stereocenters. The molecule has 0 radical (unpaired) electrons. The fourth-order valence-corrected chi connectivity index (χ4v) is 6.37. The van der Waals surface area contributed by atoms with E-state index in [2.05, 4.69) is 10.8 Å². The first kappa shape index (κ1) is 22.3. The van der Waals surface area contributed by atoms with Gasteiger partial charge < -0.3 is 24.8 Å². The van der Waals surface area contributed by atoms with Crippen molar-refractivity contribution in [1.82, 2.24) is 14.7 Å². The lowest BCUT2D eigenvalue weighted by Crippen LogP contribution is -2.56. The van der Waals surface area contributed by atoms with E-state index in [9.17, 15) is 23.6 Å². The predicted octanol–water partition coefficient (Wildman–Crippen LogP) is 0.00688. The third-order valence-corrected chi connectivity index (χ3v) is 7.88. The molecule has 33 heavy (non-hydrogen) atoms. The fourth-order valence-electron chi connectivity index (χ4n) is 6.05. The van der Waals surface area contributed by atoms with Gasteiger partial charge in [0.05, 0.1) is 24.2 Å². The molecular formula is C22H27N6O4S-. The number of carbonyl (C=O) groups is 2. The summed E-state index contributed by atoms with van der Waals surface area (Å²) in [6, 6.07) is 6.31. The summed E-state index contributed by atoms with van der Waals surface area (Å²) >= 11 is -2.37. The van der Waals surface area contributed by atoms with Crippen LogP contribution in [0.3, 0.4) is 0 Å². The molecule has 2 bridgehead atoms. The molecular weight excluding hydrogens is 444 g/mol. The second-order valence-electron chi connectivity index (χ2n) is 9.33. The van der Waals surface area contributed by atoms with Crippen molar-refractivity contribution in [3.8, 4) is 6.07 Å². The van der Waals surface area contributed by atoms with Crippen molar-refractivity contribution in [3.05, 3.63) is 29.3 Å². The molecule has 3 saturated heterocycles. The van der Waals surface area contributed by atoms with Crippen LogP contribution >= 0.6 is 0 Å². The van der Waals surface area contributed by atoms with Gasteiger partial charge in [-0.25, -0.2) is 0 Å². The smallest absolute Gasteiger partial charge is 0.241 e. The number of amides is 2. The monoisotopic (exact) mass is 471 g/mol. The maximum Gasteiger partial charge on any atom is 0.241 e. The van der Waals surface area contributed by atoms with Gasteiger partial charge in [0.25, 0.3) is 0 Å². The Hall–Kier alpha value is -2.52. The SMILES string of the molecule is N#C[C@@H]1CCCN1C(=O)[C@@H](N)CN1C[C@H]2C[C@@H]1C(=O)N2[C@H]1CCc2cc(NS(=O)[O-])ccc21. The highest BCUT2D eigenvalue weighted by Gasteiger charge is 2.53. The van der Waals surface area contributed by atoms with E-state index in [1.807, 2.05) is 21.9 Å². The van der Waals surface area contributed by atoms with Crippen molar-refractivity contribution in [2.45, 2.75) is 62.3 Å². The van der Waals surface area contributed by atoms with Gasteiger partial charge in [0, 0.05) is 42.6 Å². The molecule has 5 rings (SSSR count). The molecule has 176 valence electrons. The van der Waals surface area contributed by atoms with Crippen molar-refractivity contribution in [1.29, 1.82) is 5.26 Å². The third kappa shape index (κ3) is 3.91. The van der Waals surface area contributed by atoms with Crippen LogP contribution in [0.4, 0.5) is 5.69 Å². The lowest BCUT2D eigenvalue weighted by atomic mass is 10.0. The average molecular weight is 472 g/mol. The van der Waals surface area contributed by atoms with Gasteiger partial charge in [-0.15, -0.1) is 0 Å². The van der Waals surface area contributed by atoms with Gasteiger partial charge in [0.15, 0.2) is 0 Å². The molecule has 3 heterocycles. The molecule has 4 aliphatic rings. The van der Waals surface area contributed by atoms with E-state index in [1.54, 1.807) is 11.0 Å². The second-order valence-corrected chi connectivity index (χ2v) is 10.0. The Labute approximate surface area is 195 Å². The Morgan fingerprint density at radius 3 is 2.91 bits per heavy atom. The zero-order valence-corrected chi connectivity index (χ0v) is 19.0. The number of piperazine rings is 1. The third-order valence-electron chi connectivity index (χ3n) is 7.47. The summed E-state index contributed by atoms with van der Waals surface area (Å²) < 4.78 is 24.2. The lowest BCUT2D eigenvalue weighted by molar-refractivity contribution is -0.141. The number of rotatable bonds is 6. The van der Waals surface area contributed by atoms with E-state index >= 15 is 0 Å². The zero-order chi connectivity index (χ0) is 23.3. The van der Waals surface area contributed by atoms with E-state index in [0.717, 1.165) is 36.8 Å². The van der Waals surface area contributed by atoms with Gasteiger partial charge in [-0.1, -0.05) is 6.07 Å². The predicted molar refractivity (Wildman–Crippen MR) is 119 cm³/mol. The molecule has 2 amide bonds. The number of nitrogens with zero attached hydrogens (tertiary/aromatic N) is 4. The summed E-state index contributed by atoms with van der Waals surface area (Å²) in [5.74, 6) is -0.137. The van der Waals surface area contributed by atoms with Gasteiger partial charge >= 0.3 is 0 Å². The number of aryl methyl sites for hydroxylation is 1. The van der Waals surface area contributed by atoms with Crippen LogP contribution < -0.4 is 10.5 Å². The Morgan fingerprint density at radius 2 is 2.18 bits per heavy atom. The fraction of sp³-hybridized carbons (Fsp3) is 0.591. The van der Waals surface area contributed by atoms with Crippen LogP contribution in [0.25, 0.3) is 0 Å². The molecule has 0 saturated carbocycles. The highest BCUT2D eigenvalue weighted by Crippen LogP contribution is 2.44. The molecule has 3 N–H and O–H groups in total. The first-order chi connectivity index (χ1) is 15.9. The van der Waals surface area contributed by atoms with Crippen molar-refractivity contribution in [3.63, 3.8) is 0 Å². The minimum atomic E-state index is -2.37. The standard InChI is InChI=1S/C22H28N6O4S/c23-10-15-2-1-7-27(15)21(29)18(24)12-26-11-16-9-20(26)22(30)28(16)19-6-3-13-8-14(25-33(31)32)4-5-17(13)19/h4-5,8,15-16,18-20,25H,1-3,6-7,9,11-12,24H2,(H,31,32)/p-1/t15-,16+,18-,19-,20+/m0/s1. The topological polar surface area (TPSA) is 146 Å². The van der Waals surface area contributed by atoms with Gasteiger partial charge in [-0.05, 0) is 55.4 Å². The minimum Gasteiger partial charge on any atom is -0.755 e. The Bertz CT molecular complexity index is 1040. The molecule has 1 aliphatic carbocycles. The van der Waals surface area contributed by atoms with Gasteiger partial charge in [0.2, 0.25) is 11.8 Å². The first-order valence-electron chi connectivity index (χ1n) is 11.4. The van der Waals surface area contributed by atoms with E-state index < -0.39 is 23.4 Å². The molecule has 0 spiro atoms. The van der Waals surface area contributed by atoms with Crippen LogP contribution in [0, 0.1) is 11.3 Å². The average Bonchev–Trinajstić information content (AvgIpc) is 3.55. The molecule has 11 heteroatoms. The van der Waals surface area contributed by atoms with Gasteiger partial charge in [-0.2, -0.15) is 5.26 Å². The van der Waals surface area contributed by atoms with E-state index in [-0.39, 0.29) is 29.9 Å². The van der Waals surface area contributed by atoms with E-state index in [4.69, 9.17) is 5.73 Å². The Morgan fingerprint density at radius 1 is 1.36 bits per heavy atom. The number of carbonyl (C=O) groups excluding carboxylic acids is 2. The number of nitriles is 1. The molecule has 0 aromatic heterocycles. The summed E-state index contributed by atoms with van der Waals surface area (Å²) in [5.41, 5.74) is 8.89. The second kappa shape index (κ2) is 8.68. The number of nitrogens with one attached hydrogen (secondary N) is 1. The summed E-state index contributed by atoms with van der Waals surface area (Å²) in [6.07, 6.45) is 3.84. The molecule has 3 aliphatic heterocycles. The number of nitrogens with two attached hydrogens (primary N) is 1. The maximum absolute atomic E-state index is 13.3. The molecule has 1 aromatic rings. The van der Waals surface area contributed by atoms with Crippen LogP contribution in [-0.4, -0.2) is 79.1 Å². The Kier molecular flexibility index (Phi) is 5.86. The number of hydrogen-bond acceptors (Lipinski definition) is 7. The van der Waals surface area contributed by atoms with Crippen molar-refractivity contribution >= 4 is 28.8 Å². The number of hydrogen-bond donors (Lipinski definition) is 2. The minimum absolute atomic E-state index is 0.00672. The lowest BCUT2D eigenvalue weighted by Gasteiger charge is -2.38.